The summed E-state index contributed by atoms with van der Waals surface area (Å²) in [6, 6.07) is 3.66. The summed E-state index contributed by atoms with van der Waals surface area (Å²) in [4.78, 5) is -0.237. The van der Waals surface area contributed by atoms with E-state index in [9.17, 15) is 16.8 Å². The smallest absolute Gasteiger partial charge is 0.208 e. The van der Waals surface area contributed by atoms with Gasteiger partial charge in [-0.05, 0) is 43.9 Å². The minimum Gasteiger partial charge on any atom is -0.208 e. The molecule has 0 unspecified atom stereocenters. The Morgan fingerprint density at radius 2 is 1.14 bits per heavy atom. The highest BCUT2D eigenvalue weighted by Crippen LogP contribution is 2.27. The van der Waals surface area contributed by atoms with Gasteiger partial charge in [-0.3, -0.25) is 0 Å². The van der Waals surface area contributed by atoms with Crippen molar-refractivity contribution < 1.29 is 16.8 Å². The first-order valence-corrected chi connectivity index (χ1v) is 14.0. The molecule has 2 aliphatic carbocycles. The van der Waals surface area contributed by atoms with Crippen LogP contribution in [0.3, 0.4) is 0 Å². The first-order chi connectivity index (χ1) is 13.8. The van der Waals surface area contributed by atoms with Gasteiger partial charge in [0.25, 0.3) is 0 Å². The van der Waals surface area contributed by atoms with E-state index in [1.54, 1.807) is 0 Å². The Labute approximate surface area is 179 Å². The Morgan fingerprint density at radius 1 is 0.690 bits per heavy atom. The molecule has 0 amide bonds. The Bertz CT molecular complexity index is 887. The summed E-state index contributed by atoms with van der Waals surface area (Å²) in [6.07, 6.45) is 11.6. The van der Waals surface area contributed by atoms with E-state index in [0.29, 0.717) is 0 Å². The van der Waals surface area contributed by atoms with Crippen LogP contribution in [0.15, 0.2) is 28.0 Å². The van der Waals surface area contributed by atoms with Crippen LogP contribution in [0, 0.1) is 0 Å². The van der Waals surface area contributed by atoms with Crippen molar-refractivity contribution in [2.45, 2.75) is 98.9 Å². The zero-order chi connectivity index (χ0) is 20.9. The lowest BCUT2D eigenvalue weighted by Gasteiger charge is -2.19. The van der Waals surface area contributed by atoms with Crippen LogP contribution in [0.4, 0.5) is 0 Å². The molecular formula is C20H31ClN2O4S2. The molecule has 6 nitrogen and oxygen atoms in total. The number of halogens is 1. The van der Waals surface area contributed by atoms with Crippen molar-refractivity contribution in [3.8, 4) is 0 Å². The predicted octanol–water partition coefficient (Wildman–Crippen LogP) is 4.34. The highest BCUT2D eigenvalue weighted by molar-refractivity contribution is 7.90. The van der Waals surface area contributed by atoms with Gasteiger partial charge >= 0.3 is 0 Å². The molecule has 2 fully saturated rings. The lowest BCUT2D eigenvalue weighted by molar-refractivity contribution is 0.509. The molecule has 0 aromatic heterocycles. The molecule has 1 aromatic rings. The van der Waals surface area contributed by atoms with Gasteiger partial charge in [0.1, 0.15) is 4.90 Å². The second-order valence-electron chi connectivity index (χ2n) is 8.21. The van der Waals surface area contributed by atoms with Gasteiger partial charge in [-0.15, -0.1) is 0 Å². The van der Waals surface area contributed by atoms with Crippen LogP contribution >= 0.6 is 11.6 Å². The number of sulfonamides is 2. The first kappa shape index (κ1) is 23.0. The monoisotopic (exact) mass is 462 g/mol. The minimum atomic E-state index is -3.90. The molecule has 0 heterocycles. The largest absolute Gasteiger partial charge is 0.242 e. The van der Waals surface area contributed by atoms with Gasteiger partial charge in [-0.25, -0.2) is 26.3 Å². The standard InChI is InChI=1S/C20H31ClN2O4S2/c21-19-14-13-18(28(24,25)22-16-9-5-1-2-6-10-16)15-20(19)29(26,27)23-17-11-7-3-4-8-12-17/h13-17,22-23H,1-12H2. The summed E-state index contributed by atoms with van der Waals surface area (Å²) in [6.45, 7) is 0. The maximum absolute atomic E-state index is 12.9. The molecule has 2 saturated carbocycles. The van der Waals surface area contributed by atoms with E-state index in [1.807, 2.05) is 0 Å². The van der Waals surface area contributed by atoms with E-state index < -0.39 is 20.0 Å². The fourth-order valence-corrected chi connectivity index (χ4v) is 7.46. The third kappa shape index (κ3) is 6.40. The van der Waals surface area contributed by atoms with Crippen LogP contribution < -0.4 is 9.44 Å². The molecule has 0 bridgehead atoms. The Hall–Kier alpha value is -0.670. The highest BCUT2D eigenvalue weighted by atomic mass is 35.5. The summed E-state index contributed by atoms with van der Waals surface area (Å²) in [5.41, 5.74) is 0. The van der Waals surface area contributed by atoms with E-state index in [1.165, 1.54) is 18.2 Å². The summed E-state index contributed by atoms with van der Waals surface area (Å²) >= 11 is 6.16. The van der Waals surface area contributed by atoms with Gasteiger partial charge in [0.05, 0.1) is 9.92 Å². The molecule has 29 heavy (non-hydrogen) atoms. The fourth-order valence-electron chi connectivity index (χ4n) is 4.22. The van der Waals surface area contributed by atoms with Gasteiger partial charge in [0, 0.05) is 12.1 Å². The molecule has 3 rings (SSSR count). The van der Waals surface area contributed by atoms with Crippen molar-refractivity contribution in [3.63, 3.8) is 0 Å². The number of hydrogen-bond acceptors (Lipinski definition) is 4. The molecule has 2 aliphatic rings. The third-order valence-electron chi connectivity index (χ3n) is 5.86. The topological polar surface area (TPSA) is 92.3 Å². The summed E-state index contributed by atoms with van der Waals surface area (Å²) in [5, 5.41) is 0.0274. The molecule has 2 N–H and O–H groups in total. The lowest BCUT2D eigenvalue weighted by Crippen LogP contribution is -2.36. The van der Waals surface area contributed by atoms with Crippen LogP contribution in [0.5, 0.6) is 0 Å². The number of nitrogens with one attached hydrogen (secondary N) is 2. The zero-order valence-electron chi connectivity index (χ0n) is 16.7. The molecule has 0 radical (unpaired) electrons. The maximum Gasteiger partial charge on any atom is 0.242 e. The molecule has 1 aromatic carbocycles. The van der Waals surface area contributed by atoms with Gasteiger partial charge in [-0.1, -0.05) is 63.0 Å². The summed E-state index contributed by atoms with van der Waals surface area (Å²) < 4.78 is 57.1. The molecule has 9 heteroatoms. The minimum absolute atomic E-state index is 0.0274. The second kappa shape index (κ2) is 10.1. The van der Waals surface area contributed by atoms with E-state index in [4.69, 9.17) is 11.6 Å². The SMILES string of the molecule is O=S(=O)(NC1CCCCCC1)c1ccc(Cl)c(S(=O)(=O)NC2CCCCCC2)c1. The molecular weight excluding hydrogens is 432 g/mol. The van der Waals surface area contributed by atoms with E-state index in [-0.39, 0.29) is 26.9 Å². The van der Waals surface area contributed by atoms with Crippen molar-refractivity contribution in [2.75, 3.05) is 0 Å². The Morgan fingerprint density at radius 3 is 1.62 bits per heavy atom. The predicted molar refractivity (Wildman–Crippen MR) is 115 cm³/mol. The normalized spacial score (nSPS) is 20.9. The average molecular weight is 463 g/mol. The van der Waals surface area contributed by atoms with Gasteiger partial charge in [-0.2, -0.15) is 0 Å². The van der Waals surface area contributed by atoms with Crippen molar-refractivity contribution in [3.05, 3.63) is 23.2 Å². The van der Waals surface area contributed by atoms with Gasteiger partial charge in [0.15, 0.2) is 0 Å². The lowest BCUT2D eigenvalue weighted by atomic mass is 10.1. The number of hydrogen-bond donors (Lipinski definition) is 2. The molecule has 0 spiro atoms. The van der Waals surface area contributed by atoms with Crippen LogP contribution in [0.1, 0.15) is 77.0 Å². The average Bonchev–Trinajstić information content (AvgIpc) is 3.06. The molecule has 0 saturated heterocycles. The molecule has 0 aliphatic heterocycles. The van der Waals surface area contributed by atoms with Gasteiger partial charge < -0.3 is 0 Å². The number of benzene rings is 1. The van der Waals surface area contributed by atoms with Crippen LogP contribution in [0.2, 0.25) is 5.02 Å². The van der Waals surface area contributed by atoms with Crippen molar-refractivity contribution in [1.82, 2.24) is 9.44 Å². The third-order valence-corrected chi connectivity index (χ3v) is 9.38. The van der Waals surface area contributed by atoms with Crippen LogP contribution in [-0.4, -0.2) is 28.9 Å². The van der Waals surface area contributed by atoms with E-state index in [2.05, 4.69) is 9.44 Å². The molecule has 164 valence electrons. The number of rotatable bonds is 6. The van der Waals surface area contributed by atoms with E-state index in [0.717, 1.165) is 77.0 Å². The van der Waals surface area contributed by atoms with E-state index >= 15 is 0 Å². The van der Waals surface area contributed by atoms with Gasteiger partial charge in [0.2, 0.25) is 20.0 Å². The maximum atomic E-state index is 12.9. The highest BCUT2D eigenvalue weighted by Gasteiger charge is 2.27. The van der Waals surface area contributed by atoms with Crippen molar-refractivity contribution in [1.29, 1.82) is 0 Å². The Kier molecular flexibility index (Phi) is 8.00. The first-order valence-electron chi connectivity index (χ1n) is 10.6. The molecule has 0 atom stereocenters. The summed E-state index contributed by atoms with van der Waals surface area (Å²) in [7, 11) is -7.72. The van der Waals surface area contributed by atoms with Crippen LogP contribution in [0.25, 0.3) is 0 Å². The quantitative estimate of drug-likeness (QED) is 0.615. The fraction of sp³-hybridized carbons (Fsp3) is 0.700. The van der Waals surface area contributed by atoms with Crippen LogP contribution in [-0.2, 0) is 20.0 Å². The Balaban J connectivity index is 1.80. The second-order valence-corrected chi connectivity index (χ2v) is 12.0. The summed E-state index contributed by atoms with van der Waals surface area (Å²) in [5.74, 6) is 0. The van der Waals surface area contributed by atoms with Crippen molar-refractivity contribution >= 4 is 31.6 Å². The van der Waals surface area contributed by atoms with Crippen molar-refractivity contribution in [2.24, 2.45) is 0 Å². The zero-order valence-corrected chi connectivity index (χ0v) is 19.1.